The number of ether oxygens (including phenoxy) is 2. The average molecular weight is 314 g/mol. The number of methoxy groups -OCH3 is 1. The first-order valence-electron chi connectivity index (χ1n) is 6.69. The van der Waals surface area contributed by atoms with Crippen molar-refractivity contribution < 1.29 is 19.4 Å². The maximum absolute atomic E-state index is 11.5. The van der Waals surface area contributed by atoms with Gasteiger partial charge in [-0.3, -0.25) is 0 Å². The van der Waals surface area contributed by atoms with Crippen LogP contribution in [-0.4, -0.2) is 18.2 Å². The van der Waals surface area contributed by atoms with Crippen LogP contribution in [0.2, 0.25) is 0 Å². The fourth-order valence-electron chi connectivity index (χ4n) is 2.19. The largest absolute Gasteiger partial charge is 0.497 e. The van der Waals surface area contributed by atoms with Gasteiger partial charge >= 0.3 is 5.97 Å². The molecular weight excluding hydrogens is 300 g/mol. The lowest BCUT2D eigenvalue weighted by Crippen LogP contribution is -2.00. The summed E-state index contributed by atoms with van der Waals surface area (Å²) in [4.78, 5) is 11.7. The summed E-state index contributed by atoms with van der Waals surface area (Å²) in [6.45, 7) is 0.332. The second kappa shape index (κ2) is 6.07. The first-order valence-corrected chi connectivity index (χ1v) is 7.51. The van der Waals surface area contributed by atoms with Gasteiger partial charge in [0, 0.05) is 10.1 Å². The van der Waals surface area contributed by atoms with Crippen LogP contribution >= 0.6 is 11.3 Å². The van der Waals surface area contributed by atoms with E-state index >= 15 is 0 Å². The minimum absolute atomic E-state index is 0.208. The predicted octanol–water partition coefficient (Wildman–Crippen LogP) is 4.19. The third-order valence-electron chi connectivity index (χ3n) is 3.27. The van der Waals surface area contributed by atoms with E-state index in [0.29, 0.717) is 18.1 Å². The first kappa shape index (κ1) is 14.4. The Bertz CT molecular complexity index is 808. The summed E-state index contributed by atoms with van der Waals surface area (Å²) in [6.07, 6.45) is 0. The van der Waals surface area contributed by atoms with Crippen molar-refractivity contribution in [3.8, 4) is 11.5 Å². The van der Waals surface area contributed by atoms with Crippen molar-refractivity contribution in [2.75, 3.05) is 7.11 Å². The van der Waals surface area contributed by atoms with Crippen molar-refractivity contribution in [2.45, 2.75) is 6.61 Å². The highest BCUT2D eigenvalue weighted by Crippen LogP contribution is 2.39. The quantitative estimate of drug-likeness (QED) is 0.767. The van der Waals surface area contributed by atoms with Gasteiger partial charge < -0.3 is 14.6 Å². The number of carboxylic acid groups (broad SMARTS) is 1. The van der Waals surface area contributed by atoms with E-state index in [1.165, 1.54) is 11.3 Å². The number of aromatic carboxylic acids is 1. The molecule has 5 heteroatoms. The molecule has 112 valence electrons. The van der Waals surface area contributed by atoms with Crippen LogP contribution in [0.1, 0.15) is 15.2 Å². The van der Waals surface area contributed by atoms with Gasteiger partial charge in [-0.15, -0.1) is 11.3 Å². The molecule has 3 aromatic rings. The minimum Gasteiger partial charge on any atom is -0.497 e. The molecule has 0 spiro atoms. The van der Waals surface area contributed by atoms with E-state index in [1.54, 1.807) is 13.2 Å². The van der Waals surface area contributed by atoms with Crippen LogP contribution in [0.15, 0.2) is 48.5 Å². The second-order valence-corrected chi connectivity index (χ2v) is 5.75. The third kappa shape index (κ3) is 2.76. The molecule has 0 radical (unpaired) electrons. The molecule has 0 fully saturated rings. The zero-order valence-corrected chi connectivity index (χ0v) is 12.7. The van der Waals surface area contributed by atoms with Gasteiger partial charge in [0.25, 0.3) is 0 Å². The number of thiophene rings is 1. The lowest BCUT2D eigenvalue weighted by Gasteiger charge is -2.07. The van der Waals surface area contributed by atoms with Crippen LogP contribution < -0.4 is 9.47 Å². The van der Waals surface area contributed by atoms with Crippen molar-refractivity contribution in [1.29, 1.82) is 0 Å². The van der Waals surface area contributed by atoms with Crippen LogP contribution in [0.4, 0.5) is 0 Å². The number of benzene rings is 2. The highest BCUT2D eigenvalue weighted by Gasteiger charge is 2.19. The summed E-state index contributed by atoms with van der Waals surface area (Å²) in [5.41, 5.74) is 0.992. The first-order chi connectivity index (χ1) is 10.7. The molecule has 4 nitrogen and oxygen atoms in total. The summed E-state index contributed by atoms with van der Waals surface area (Å²) in [5, 5.41) is 10.2. The number of hydrogen-bond acceptors (Lipinski definition) is 4. The Morgan fingerprint density at radius 3 is 2.64 bits per heavy atom. The molecule has 0 saturated heterocycles. The maximum atomic E-state index is 11.5. The Hall–Kier alpha value is -2.53. The molecule has 0 saturated carbocycles. The number of carboxylic acids is 1. The molecule has 0 amide bonds. The Labute approximate surface area is 131 Å². The van der Waals surface area contributed by atoms with Gasteiger partial charge in [0.15, 0.2) is 10.6 Å². The Morgan fingerprint density at radius 2 is 1.95 bits per heavy atom. The van der Waals surface area contributed by atoms with Crippen LogP contribution in [0.5, 0.6) is 11.5 Å². The van der Waals surface area contributed by atoms with Gasteiger partial charge in [-0.25, -0.2) is 4.79 Å². The smallest absolute Gasteiger partial charge is 0.349 e. The van der Waals surface area contributed by atoms with Crippen LogP contribution in [0, 0.1) is 0 Å². The lowest BCUT2D eigenvalue weighted by atomic mass is 10.2. The molecule has 2 aromatic carbocycles. The average Bonchev–Trinajstić information content (AvgIpc) is 2.91. The van der Waals surface area contributed by atoms with Crippen LogP contribution in [0.3, 0.4) is 0 Å². The van der Waals surface area contributed by atoms with E-state index in [9.17, 15) is 9.90 Å². The molecule has 1 heterocycles. The Kier molecular flexibility index (Phi) is 3.98. The summed E-state index contributed by atoms with van der Waals surface area (Å²) in [5.74, 6) is 0.127. The van der Waals surface area contributed by atoms with Crippen LogP contribution in [-0.2, 0) is 6.61 Å². The zero-order valence-electron chi connectivity index (χ0n) is 11.9. The monoisotopic (exact) mass is 314 g/mol. The van der Waals surface area contributed by atoms with Crippen LogP contribution in [0.25, 0.3) is 10.1 Å². The molecule has 1 aromatic heterocycles. The fourth-order valence-corrected chi connectivity index (χ4v) is 3.21. The summed E-state index contributed by atoms with van der Waals surface area (Å²) >= 11 is 1.19. The van der Waals surface area contributed by atoms with E-state index in [-0.39, 0.29) is 4.88 Å². The van der Waals surface area contributed by atoms with Crippen molar-refractivity contribution in [3.05, 3.63) is 59.0 Å². The van der Waals surface area contributed by atoms with E-state index < -0.39 is 5.97 Å². The molecule has 0 aliphatic carbocycles. The van der Waals surface area contributed by atoms with E-state index in [0.717, 1.165) is 15.6 Å². The predicted molar refractivity (Wildman–Crippen MR) is 86.1 cm³/mol. The Morgan fingerprint density at radius 1 is 1.18 bits per heavy atom. The van der Waals surface area contributed by atoms with Gasteiger partial charge in [0.2, 0.25) is 0 Å². The van der Waals surface area contributed by atoms with Gasteiger partial charge in [-0.1, -0.05) is 30.3 Å². The van der Waals surface area contributed by atoms with Gasteiger partial charge in [-0.05, 0) is 23.8 Å². The normalized spacial score (nSPS) is 10.6. The van der Waals surface area contributed by atoms with E-state index in [2.05, 4.69) is 0 Å². The van der Waals surface area contributed by atoms with Crippen molar-refractivity contribution in [3.63, 3.8) is 0 Å². The molecule has 22 heavy (non-hydrogen) atoms. The summed E-state index contributed by atoms with van der Waals surface area (Å²) in [7, 11) is 1.58. The second-order valence-electron chi connectivity index (χ2n) is 4.70. The highest BCUT2D eigenvalue weighted by atomic mass is 32.1. The molecular formula is C17H14O4S. The molecule has 0 unspecified atom stereocenters. The SMILES string of the molecule is COc1ccc2c(OCc3ccccc3)c(C(=O)O)sc2c1. The zero-order chi connectivity index (χ0) is 15.5. The summed E-state index contributed by atoms with van der Waals surface area (Å²) in [6, 6.07) is 15.1. The topological polar surface area (TPSA) is 55.8 Å². The molecule has 3 rings (SSSR count). The van der Waals surface area contributed by atoms with Gasteiger partial charge in [0.1, 0.15) is 12.4 Å². The third-order valence-corrected chi connectivity index (χ3v) is 4.39. The molecule has 0 aliphatic heterocycles. The highest BCUT2D eigenvalue weighted by molar-refractivity contribution is 7.21. The fraction of sp³-hybridized carbons (Fsp3) is 0.118. The molecule has 0 bridgehead atoms. The van der Waals surface area contributed by atoms with Crippen molar-refractivity contribution >= 4 is 27.4 Å². The van der Waals surface area contributed by atoms with Gasteiger partial charge in [0.05, 0.1) is 7.11 Å². The lowest BCUT2D eigenvalue weighted by molar-refractivity contribution is 0.0698. The summed E-state index contributed by atoms with van der Waals surface area (Å²) < 4.78 is 11.8. The number of carbonyl (C=O) groups is 1. The maximum Gasteiger partial charge on any atom is 0.349 e. The van der Waals surface area contributed by atoms with E-state index in [4.69, 9.17) is 9.47 Å². The molecule has 0 aliphatic rings. The number of rotatable bonds is 5. The van der Waals surface area contributed by atoms with Crippen molar-refractivity contribution in [1.82, 2.24) is 0 Å². The van der Waals surface area contributed by atoms with Gasteiger partial charge in [-0.2, -0.15) is 0 Å². The van der Waals surface area contributed by atoms with E-state index in [1.807, 2.05) is 42.5 Å². The number of hydrogen-bond donors (Lipinski definition) is 1. The minimum atomic E-state index is -0.983. The Balaban J connectivity index is 1.99. The van der Waals surface area contributed by atoms with Crippen molar-refractivity contribution in [2.24, 2.45) is 0 Å². The standard InChI is InChI=1S/C17H14O4S/c1-20-12-7-8-13-14(9-12)22-16(17(18)19)15(13)21-10-11-5-3-2-4-6-11/h2-9H,10H2,1H3,(H,18,19). The molecule has 0 atom stereocenters. The molecule has 1 N–H and O–H groups in total. The number of fused-ring (bicyclic) bond motifs is 1.